The number of aliphatic hydroxyl groups excluding tert-OH is 3. The molecule has 1 aliphatic heterocycles. The molecule has 2 rings (SSSR count). The highest BCUT2D eigenvalue weighted by molar-refractivity contribution is 5.91. The van der Waals surface area contributed by atoms with Crippen LogP contribution in [0.4, 0.5) is 0 Å². The molecule has 1 heterocycles. The monoisotopic (exact) mass is 282 g/mol. The molecule has 5 nitrogen and oxygen atoms in total. The van der Waals surface area contributed by atoms with Gasteiger partial charge in [-0.15, -0.1) is 0 Å². The fraction of sp³-hybridized carbons (Fsp3) is 0.667. The van der Waals surface area contributed by atoms with Gasteiger partial charge >= 0.3 is 5.97 Å². The number of allylic oxidation sites excluding steroid dienone is 1. The van der Waals surface area contributed by atoms with Crippen molar-refractivity contribution in [2.24, 2.45) is 11.8 Å². The number of carbonyl (C=O) groups excluding carboxylic acids is 1. The van der Waals surface area contributed by atoms with Crippen LogP contribution in [0.1, 0.15) is 25.7 Å². The van der Waals surface area contributed by atoms with E-state index in [2.05, 4.69) is 6.58 Å². The fourth-order valence-corrected chi connectivity index (χ4v) is 3.07. The summed E-state index contributed by atoms with van der Waals surface area (Å²) in [6, 6.07) is 0. The van der Waals surface area contributed by atoms with Crippen LogP contribution >= 0.6 is 0 Å². The first-order chi connectivity index (χ1) is 9.56. The Morgan fingerprint density at radius 1 is 1.40 bits per heavy atom. The minimum atomic E-state index is -0.796. The van der Waals surface area contributed by atoms with Gasteiger partial charge in [0.1, 0.15) is 6.10 Å². The summed E-state index contributed by atoms with van der Waals surface area (Å²) in [6.45, 7) is 3.63. The molecule has 20 heavy (non-hydrogen) atoms. The van der Waals surface area contributed by atoms with Crippen LogP contribution in [-0.4, -0.2) is 46.7 Å². The third-order valence-corrected chi connectivity index (χ3v) is 4.24. The van der Waals surface area contributed by atoms with Gasteiger partial charge in [-0.1, -0.05) is 12.7 Å². The standard InChI is InChI=1S/C15H22O5/c1-9-14-12(18)5-10(7-16)3-2-4-11(8-17)6-13(14)20-15(9)19/h3,11-14,16-18H,1-2,4-8H2/t11-,12-,13-,14-/m1/s1. The van der Waals surface area contributed by atoms with E-state index < -0.39 is 24.1 Å². The second kappa shape index (κ2) is 6.52. The van der Waals surface area contributed by atoms with Crippen LogP contribution in [0.25, 0.3) is 0 Å². The quantitative estimate of drug-likeness (QED) is 0.391. The van der Waals surface area contributed by atoms with Crippen LogP contribution < -0.4 is 0 Å². The highest BCUT2D eigenvalue weighted by Crippen LogP contribution is 2.36. The Bertz CT molecular complexity index is 414. The molecule has 112 valence electrons. The molecule has 5 heteroatoms. The highest BCUT2D eigenvalue weighted by atomic mass is 16.6. The summed E-state index contributed by atoms with van der Waals surface area (Å²) in [5, 5.41) is 29.1. The molecule has 0 saturated carbocycles. The van der Waals surface area contributed by atoms with E-state index in [1.54, 1.807) is 0 Å². The SMILES string of the molecule is C=C1C(=O)O[C@@H]2C[C@H](CO)CCC=C(CO)C[C@@H](O)[C@@H]12. The van der Waals surface area contributed by atoms with Gasteiger partial charge in [0.2, 0.25) is 0 Å². The number of carbonyl (C=O) groups is 1. The third-order valence-electron chi connectivity index (χ3n) is 4.24. The molecule has 1 aliphatic carbocycles. The zero-order valence-electron chi connectivity index (χ0n) is 11.5. The molecule has 0 aromatic heterocycles. The van der Waals surface area contributed by atoms with Crippen molar-refractivity contribution in [2.75, 3.05) is 13.2 Å². The fourth-order valence-electron chi connectivity index (χ4n) is 3.07. The summed E-state index contributed by atoms with van der Waals surface area (Å²) in [5.74, 6) is -0.906. The molecule has 4 atom stereocenters. The van der Waals surface area contributed by atoms with E-state index in [1.807, 2.05) is 6.08 Å². The summed E-state index contributed by atoms with van der Waals surface area (Å²) in [7, 11) is 0. The molecule has 2 aliphatic rings. The zero-order valence-corrected chi connectivity index (χ0v) is 11.5. The molecule has 3 N–H and O–H groups in total. The smallest absolute Gasteiger partial charge is 0.334 e. The largest absolute Gasteiger partial charge is 0.458 e. The maximum absolute atomic E-state index is 11.7. The van der Waals surface area contributed by atoms with Crippen molar-refractivity contribution in [3.05, 3.63) is 23.8 Å². The lowest BCUT2D eigenvalue weighted by atomic mass is 9.82. The molecule has 1 fully saturated rings. The van der Waals surface area contributed by atoms with Crippen molar-refractivity contribution in [1.82, 2.24) is 0 Å². The molecule has 0 unspecified atom stereocenters. The minimum absolute atomic E-state index is 0.0164. The predicted molar refractivity (Wildman–Crippen MR) is 72.7 cm³/mol. The Balaban J connectivity index is 2.25. The number of fused-ring (bicyclic) bond motifs is 1. The number of esters is 1. The van der Waals surface area contributed by atoms with Crippen LogP contribution in [0, 0.1) is 11.8 Å². The van der Waals surface area contributed by atoms with Crippen molar-refractivity contribution in [3.8, 4) is 0 Å². The van der Waals surface area contributed by atoms with Crippen LogP contribution in [0.3, 0.4) is 0 Å². The number of aliphatic hydroxyl groups is 3. The van der Waals surface area contributed by atoms with E-state index in [4.69, 9.17) is 4.74 Å². The molecule has 0 aromatic carbocycles. The van der Waals surface area contributed by atoms with Gasteiger partial charge in [0.25, 0.3) is 0 Å². The number of hydrogen-bond acceptors (Lipinski definition) is 5. The lowest BCUT2D eigenvalue weighted by Crippen LogP contribution is -2.32. The van der Waals surface area contributed by atoms with E-state index in [0.29, 0.717) is 12.8 Å². The lowest BCUT2D eigenvalue weighted by molar-refractivity contribution is -0.140. The van der Waals surface area contributed by atoms with E-state index in [9.17, 15) is 20.1 Å². The van der Waals surface area contributed by atoms with Crippen molar-refractivity contribution in [2.45, 2.75) is 37.9 Å². The Morgan fingerprint density at radius 3 is 2.80 bits per heavy atom. The predicted octanol–water partition coefficient (Wildman–Crippen LogP) is 0.546. The Kier molecular flexibility index (Phi) is 4.96. The van der Waals surface area contributed by atoms with E-state index in [1.165, 1.54) is 0 Å². The number of hydrogen-bond donors (Lipinski definition) is 3. The van der Waals surface area contributed by atoms with Gasteiger partial charge < -0.3 is 20.1 Å². The first-order valence-electron chi connectivity index (χ1n) is 7.04. The highest BCUT2D eigenvalue weighted by Gasteiger charge is 2.43. The van der Waals surface area contributed by atoms with Gasteiger partial charge in [0, 0.05) is 12.2 Å². The zero-order chi connectivity index (χ0) is 14.7. The van der Waals surface area contributed by atoms with Crippen LogP contribution in [0.2, 0.25) is 0 Å². The maximum atomic E-state index is 11.7. The summed E-state index contributed by atoms with van der Waals surface area (Å²) >= 11 is 0. The summed E-state index contributed by atoms with van der Waals surface area (Å²) in [5.41, 5.74) is 1.04. The maximum Gasteiger partial charge on any atom is 0.334 e. The molecule has 0 radical (unpaired) electrons. The van der Waals surface area contributed by atoms with Crippen LogP contribution in [-0.2, 0) is 9.53 Å². The average Bonchev–Trinajstić information content (AvgIpc) is 2.71. The van der Waals surface area contributed by atoms with Crippen LogP contribution in [0.15, 0.2) is 23.8 Å². The van der Waals surface area contributed by atoms with E-state index in [-0.39, 0.29) is 24.7 Å². The minimum Gasteiger partial charge on any atom is -0.458 e. The van der Waals surface area contributed by atoms with Gasteiger partial charge in [-0.25, -0.2) is 4.79 Å². The van der Waals surface area contributed by atoms with Crippen molar-refractivity contribution in [3.63, 3.8) is 0 Å². The second-order valence-corrected chi connectivity index (χ2v) is 5.65. The Hall–Kier alpha value is -1.17. The molecule has 0 bridgehead atoms. The summed E-state index contributed by atoms with van der Waals surface area (Å²) in [4.78, 5) is 11.7. The molecule has 0 amide bonds. The lowest BCUT2D eigenvalue weighted by Gasteiger charge is -2.27. The molecule has 0 aromatic rings. The summed E-state index contributed by atoms with van der Waals surface area (Å²) < 4.78 is 5.29. The number of rotatable bonds is 2. The van der Waals surface area contributed by atoms with Gasteiger partial charge in [-0.05, 0) is 37.2 Å². The third kappa shape index (κ3) is 3.11. The normalized spacial score (nSPS) is 35.2. The first kappa shape index (κ1) is 15.2. The number of ether oxygens (including phenoxy) is 1. The van der Waals surface area contributed by atoms with Crippen molar-refractivity contribution in [1.29, 1.82) is 0 Å². The molecular formula is C15H22O5. The van der Waals surface area contributed by atoms with Gasteiger partial charge in [0.05, 0.1) is 18.6 Å². The van der Waals surface area contributed by atoms with Crippen LogP contribution in [0.5, 0.6) is 0 Å². The first-order valence-corrected chi connectivity index (χ1v) is 7.04. The van der Waals surface area contributed by atoms with Crippen molar-refractivity contribution < 1.29 is 24.9 Å². The second-order valence-electron chi connectivity index (χ2n) is 5.65. The van der Waals surface area contributed by atoms with E-state index >= 15 is 0 Å². The van der Waals surface area contributed by atoms with Crippen molar-refractivity contribution >= 4 is 5.97 Å². The Labute approximate surface area is 118 Å². The molecule has 0 spiro atoms. The summed E-state index contributed by atoms with van der Waals surface area (Å²) in [6.07, 6.45) is 3.04. The van der Waals surface area contributed by atoms with Gasteiger partial charge in [0.15, 0.2) is 0 Å². The molecular weight excluding hydrogens is 260 g/mol. The van der Waals surface area contributed by atoms with Gasteiger partial charge in [-0.2, -0.15) is 0 Å². The average molecular weight is 282 g/mol. The van der Waals surface area contributed by atoms with Gasteiger partial charge in [-0.3, -0.25) is 0 Å². The topological polar surface area (TPSA) is 87.0 Å². The molecule has 1 saturated heterocycles. The van der Waals surface area contributed by atoms with E-state index in [0.717, 1.165) is 18.4 Å². The Morgan fingerprint density at radius 2 is 2.15 bits per heavy atom.